The van der Waals surface area contributed by atoms with Crippen LogP contribution in [0.25, 0.3) is 11.2 Å². The predicted molar refractivity (Wildman–Crippen MR) is 101 cm³/mol. The van der Waals surface area contributed by atoms with Gasteiger partial charge in [-0.05, 0) is 19.8 Å². The molecular weight excluding hydrogens is 423 g/mol. The highest BCUT2D eigenvalue weighted by Gasteiger charge is 2.20. The number of halogens is 1. The Morgan fingerprint density at radius 3 is 2.17 bits per heavy atom. The van der Waals surface area contributed by atoms with Crippen LogP contribution in [-0.4, -0.2) is 24.5 Å². The van der Waals surface area contributed by atoms with Crippen molar-refractivity contribution in [3.63, 3.8) is 0 Å². The summed E-state index contributed by atoms with van der Waals surface area (Å²) in [5.41, 5.74) is 0.0735. The topological polar surface area (TPSA) is 78.9 Å². The molecule has 0 radical (unpaired) electrons. The lowest BCUT2D eigenvalue weighted by Crippen LogP contribution is -2.40. The van der Waals surface area contributed by atoms with Crippen LogP contribution in [-0.2, 0) is 24.4 Å². The van der Waals surface area contributed by atoms with Gasteiger partial charge in [0.1, 0.15) is 5.78 Å². The summed E-state index contributed by atoms with van der Waals surface area (Å²) in [6, 6.07) is 0. The number of aryl methyl sites for hydroxylation is 1. The number of imidazole rings is 1. The largest absolute Gasteiger partial charge is 0.332 e. The van der Waals surface area contributed by atoms with Gasteiger partial charge in [0.25, 0.3) is 5.56 Å². The van der Waals surface area contributed by atoms with E-state index in [1.807, 2.05) is 36.4 Å². The Labute approximate surface area is 153 Å². The summed E-state index contributed by atoms with van der Waals surface area (Å²) < 4.78 is 5.03. The molecule has 0 bridgehead atoms. The number of carbonyl (C=O) groups is 1. The summed E-state index contributed by atoms with van der Waals surface area (Å²) in [6.45, 7) is 6.54. The van der Waals surface area contributed by atoms with Crippen molar-refractivity contribution in [2.75, 3.05) is 0 Å². The fourth-order valence-corrected chi connectivity index (χ4v) is 3.30. The molecule has 0 saturated heterocycles. The van der Waals surface area contributed by atoms with Gasteiger partial charge in [-0.2, -0.15) is 0 Å². The van der Waals surface area contributed by atoms with Crippen molar-refractivity contribution in [2.24, 2.45) is 0 Å². The van der Waals surface area contributed by atoms with E-state index in [0.29, 0.717) is 28.1 Å². The molecule has 2 rings (SSSR count). The minimum atomic E-state index is -0.354. The summed E-state index contributed by atoms with van der Waals surface area (Å²) >= 11 is 2.01. The molecule has 132 valence electrons. The van der Waals surface area contributed by atoms with Gasteiger partial charge >= 0.3 is 5.69 Å². The lowest BCUT2D eigenvalue weighted by molar-refractivity contribution is -0.117. The molecule has 0 aliphatic rings. The molecule has 0 saturated carbocycles. The van der Waals surface area contributed by atoms with Crippen LogP contribution in [0.3, 0.4) is 0 Å². The van der Waals surface area contributed by atoms with Crippen molar-refractivity contribution >= 4 is 39.5 Å². The molecule has 24 heavy (non-hydrogen) atoms. The second kappa shape index (κ2) is 8.09. The number of hydrogen-bond donors (Lipinski definition) is 0. The van der Waals surface area contributed by atoms with Crippen LogP contribution in [0.1, 0.15) is 46.5 Å². The summed E-state index contributed by atoms with van der Waals surface area (Å²) in [7, 11) is 0. The summed E-state index contributed by atoms with van der Waals surface area (Å²) in [4.78, 5) is 41.6. The van der Waals surface area contributed by atoms with Gasteiger partial charge in [-0.3, -0.25) is 18.7 Å². The van der Waals surface area contributed by atoms with E-state index in [2.05, 4.69) is 4.98 Å². The number of carbonyl (C=O) groups excluding carboxylic acids is 1. The minimum absolute atomic E-state index is 0.0574. The van der Waals surface area contributed by atoms with Crippen LogP contribution in [0.2, 0.25) is 0 Å². The molecule has 0 amide bonds. The molecule has 0 aliphatic heterocycles. The summed E-state index contributed by atoms with van der Waals surface area (Å²) in [5.74, 6) is -0.0574. The average molecular weight is 446 g/mol. The summed E-state index contributed by atoms with van der Waals surface area (Å²) in [6.07, 6.45) is 3.42. The first-order valence-electron chi connectivity index (χ1n) is 8.31. The van der Waals surface area contributed by atoms with Gasteiger partial charge in [-0.1, -0.05) is 26.7 Å². The van der Waals surface area contributed by atoms with E-state index in [-0.39, 0.29) is 23.6 Å². The maximum Gasteiger partial charge on any atom is 0.332 e. The molecule has 0 unspecified atom stereocenters. The van der Waals surface area contributed by atoms with Gasteiger partial charge in [-0.15, -0.1) is 0 Å². The number of unbranched alkanes of at least 4 members (excludes halogenated alkanes) is 2. The first-order chi connectivity index (χ1) is 11.4. The number of fused-ring (bicyclic) bond motifs is 1. The molecule has 0 aliphatic carbocycles. The molecule has 2 aromatic heterocycles. The van der Waals surface area contributed by atoms with Crippen LogP contribution >= 0.6 is 22.6 Å². The fraction of sp³-hybridized carbons (Fsp3) is 0.625. The molecule has 2 heterocycles. The average Bonchev–Trinajstić information content (AvgIpc) is 2.83. The summed E-state index contributed by atoms with van der Waals surface area (Å²) in [5, 5.41) is 0. The van der Waals surface area contributed by atoms with E-state index >= 15 is 0 Å². The van der Waals surface area contributed by atoms with Gasteiger partial charge in [-0.25, -0.2) is 9.78 Å². The zero-order chi connectivity index (χ0) is 17.9. The van der Waals surface area contributed by atoms with Crippen molar-refractivity contribution in [3.8, 4) is 0 Å². The van der Waals surface area contributed by atoms with E-state index in [4.69, 9.17) is 0 Å². The van der Waals surface area contributed by atoms with E-state index in [9.17, 15) is 14.4 Å². The molecule has 0 spiro atoms. The van der Waals surface area contributed by atoms with Gasteiger partial charge in [0.05, 0.1) is 6.54 Å². The van der Waals surface area contributed by atoms with Crippen molar-refractivity contribution in [3.05, 3.63) is 24.7 Å². The Balaban J connectivity index is 2.80. The molecular formula is C16H23IN4O3. The third kappa shape index (κ3) is 3.62. The highest BCUT2D eigenvalue weighted by Crippen LogP contribution is 2.14. The third-order valence-electron chi connectivity index (χ3n) is 3.92. The van der Waals surface area contributed by atoms with Gasteiger partial charge in [0.2, 0.25) is 0 Å². The Morgan fingerprint density at radius 1 is 1.04 bits per heavy atom. The van der Waals surface area contributed by atoms with Crippen molar-refractivity contribution in [2.45, 2.75) is 66.1 Å². The highest BCUT2D eigenvalue weighted by molar-refractivity contribution is 14.1. The van der Waals surface area contributed by atoms with E-state index in [0.717, 1.165) is 25.7 Å². The standard InChI is InChI=1S/C16H23IN4O3/c1-4-6-8-19-13-12(21(10-11(3)22)15(17)18-13)14(23)20(16(19)24)9-7-5-2/h4-10H2,1-3H3. The maximum absolute atomic E-state index is 12.9. The molecule has 0 N–H and O–H groups in total. The fourth-order valence-electron chi connectivity index (χ4n) is 2.66. The van der Waals surface area contributed by atoms with Crippen LogP contribution < -0.4 is 11.2 Å². The number of aromatic nitrogens is 4. The monoisotopic (exact) mass is 446 g/mol. The van der Waals surface area contributed by atoms with Crippen LogP contribution in [0.5, 0.6) is 0 Å². The quantitative estimate of drug-likeness (QED) is 0.460. The van der Waals surface area contributed by atoms with Crippen LogP contribution in [0, 0.1) is 3.83 Å². The number of hydrogen-bond acceptors (Lipinski definition) is 4. The number of Topliss-reactive ketones (excluding diaryl/α,β-unsaturated/α-hetero) is 1. The predicted octanol–water partition coefficient (Wildman–Crippen LogP) is 2.15. The molecule has 0 fully saturated rings. The molecule has 0 atom stereocenters. The minimum Gasteiger partial charge on any atom is -0.306 e. The number of rotatable bonds is 8. The SMILES string of the molecule is CCCCn1c(=O)c2c(nc(I)n2CC(C)=O)n(CCCC)c1=O. The Morgan fingerprint density at radius 2 is 1.62 bits per heavy atom. The van der Waals surface area contributed by atoms with Gasteiger partial charge in [0.15, 0.2) is 15.0 Å². The van der Waals surface area contributed by atoms with Crippen molar-refractivity contribution in [1.82, 2.24) is 18.7 Å². The van der Waals surface area contributed by atoms with Crippen LogP contribution in [0.15, 0.2) is 9.59 Å². The molecule has 2 aromatic rings. The third-order valence-corrected chi connectivity index (χ3v) is 4.74. The Bertz CT molecular complexity index is 863. The number of nitrogens with zero attached hydrogens (tertiary/aromatic N) is 4. The van der Waals surface area contributed by atoms with Crippen LogP contribution in [0.4, 0.5) is 0 Å². The van der Waals surface area contributed by atoms with E-state index in [1.165, 1.54) is 11.5 Å². The normalized spacial score (nSPS) is 11.3. The Kier molecular flexibility index (Phi) is 6.36. The second-order valence-electron chi connectivity index (χ2n) is 5.94. The van der Waals surface area contributed by atoms with E-state index < -0.39 is 0 Å². The molecule has 0 aromatic carbocycles. The first-order valence-corrected chi connectivity index (χ1v) is 9.39. The first kappa shape index (κ1) is 18.9. The van der Waals surface area contributed by atoms with Crippen molar-refractivity contribution < 1.29 is 4.79 Å². The highest BCUT2D eigenvalue weighted by atomic mass is 127. The van der Waals surface area contributed by atoms with Crippen molar-refractivity contribution in [1.29, 1.82) is 0 Å². The zero-order valence-electron chi connectivity index (χ0n) is 14.3. The van der Waals surface area contributed by atoms with Gasteiger partial charge < -0.3 is 4.57 Å². The molecule has 8 heteroatoms. The smallest absolute Gasteiger partial charge is 0.306 e. The van der Waals surface area contributed by atoms with Gasteiger partial charge in [0, 0.05) is 35.7 Å². The number of ketones is 1. The zero-order valence-corrected chi connectivity index (χ0v) is 16.5. The molecule has 7 nitrogen and oxygen atoms in total. The lowest BCUT2D eigenvalue weighted by Gasteiger charge is -2.11. The maximum atomic E-state index is 12.9. The Hall–Kier alpha value is -1.45. The second-order valence-corrected chi connectivity index (χ2v) is 6.90. The lowest BCUT2D eigenvalue weighted by atomic mass is 10.3. The van der Waals surface area contributed by atoms with E-state index in [1.54, 1.807) is 9.13 Å².